The lowest BCUT2D eigenvalue weighted by atomic mass is 10.1. The molecule has 0 fully saturated rings. The van der Waals surface area contributed by atoms with Crippen LogP contribution in [0.4, 0.5) is 11.4 Å². The van der Waals surface area contributed by atoms with Crippen LogP contribution in [-0.2, 0) is 0 Å². The summed E-state index contributed by atoms with van der Waals surface area (Å²) in [6, 6.07) is 3.40. The number of benzene rings is 1. The molecule has 0 atom stereocenters. The minimum Gasteiger partial charge on any atom is -0.398 e. The van der Waals surface area contributed by atoms with Crippen LogP contribution in [0.3, 0.4) is 0 Å². The maximum absolute atomic E-state index is 11.2. The number of thioether (sulfide) groups is 1. The van der Waals surface area contributed by atoms with Gasteiger partial charge >= 0.3 is 0 Å². The van der Waals surface area contributed by atoms with Crippen molar-refractivity contribution in [2.75, 3.05) is 29.6 Å². The quantitative estimate of drug-likeness (QED) is 0.499. The molecule has 4 nitrogen and oxygen atoms in total. The summed E-state index contributed by atoms with van der Waals surface area (Å²) in [5.41, 5.74) is 12.6. The Morgan fingerprint density at radius 3 is 2.74 bits per heavy atom. The van der Waals surface area contributed by atoms with Gasteiger partial charge in [-0.1, -0.05) is 6.42 Å². The number of anilines is 2. The standard InChI is InChI=1S/C13H20BrN3OS/c1-19-6-4-2-3-5-17-12-7-9(13(16)18)11(15)8-10(12)14/h7-8,17H,2-6,15H2,1H3,(H2,16,18). The topological polar surface area (TPSA) is 81.1 Å². The number of carbonyl (C=O) groups is 1. The van der Waals surface area contributed by atoms with Crippen molar-refractivity contribution < 1.29 is 4.79 Å². The van der Waals surface area contributed by atoms with E-state index in [1.807, 2.05) is 11.8 Å². The Hall–Kier alpha value is -0.880. The smallest absolute Gasteiger partial charge is 0.250 e. The Kier molecular flexibility index (Phi) is 7.09. The van der Waals surface area contributed by atoms with Gasteiger partial charge in [0.1, 0.15) is 0 Å². The number of unbranched alkanes of at least 4 members (excludes halogenated alkanes) is 2. The monoisotopic (exact) mass is 345 g/mol. The number of hydrogen-bond donors (Lipinski definition) is 3. The van der Waals surface area contributed by atoms with E-state index in [4.69, 9.17) is 11.5 Å². The van der Waals surface area contributed by atoms with Crippen LogP contribution in [-0.4, -0.2) is 24.5 Å². The first-order chi connectivity index (χ1) is 9.06. The number of amides is 1. The highest BCUT2D eigenvalue weighted by Gasteiger charge is 2.10. The van der Waals surface area contributed by atoms with Gasteiger partial charge in [-0.05, 0) is 52.9 Å². The lowest BCUT2D eigenvalue weighted by molar-refractivity contribution is 0.100. The summed E-state index contributed by atoms with van der Waals surface area (Å²) in [5, 5.41) is 3.30. The molecule has 0 unspecified atom stereocenters. The van der Waals surface area contributed by atoms with Gasteiger partial charge in [-0.2, -0.15) is 11.8 Å². The fraction of sp³-hybridized carbons (Fsp3) is 0.462. The summed E-state index contributed by atoms with van der Waals surface area (Å²) < 4.78 is 0.846. The fourth-order valence-electron chi connectivity index (χ4n) is 1.71. The van der Waals surface area contributed by atoms with Gasteiger partial charge in [0, 0.05) is 22.4 Å². The van der Waals surface area contributed by atoms with E-state index < -0.39 is 5.91 Å². The molecular formula is C13H20BrN3OS. The van der Waals surface area contributed by atoms with E-state index in [0.717, 1.165) is 23.1 Å². The highest BCUT2D eigenvalue weighted by atomic mass is 79.9. The first-order valence-corrected chi connectivity index (χ1v) is 8.36. The molecule has 5 N–H and O–H groups in total. The van der Waals surface area contributed by atoms with E-state index in [9.17, 15) is 4.79 Å². The summed E-state index contributed by atoms with van der Waals surface area (Å²) in [5.74, 6) is 0.699. The molecule has 0 saturated carbocycles. The number of nitrogens with one attached hydrogen (secondary N) is 1. The maximum atomic E-state index is 11.2. The molecular weight excluding hydrogens is 326 g/mol. The van der Waals surface area contributed by atoms with Crippen molar-refractivity contribution >= 4 is 45.0 Å². The normalized spacial score (nSPS) is 10.4. The maximum Gasteiger partial charge on any atom is 0.250 e. The van der Waals surface area contributed by atoms with Crippen molar-refractivity contribution in [1.82, 2.24) is 0 Å². The van der Waals surface area contributed by atoms with Crippen molar-refractivity contribution in [3.63, 3.8) is 0 Å². The third-order valence-electron chi connectivity index (χ3n) is 2.75. The number of hydrogen-bond acceptors (Lipinski definition) is 4. The van der Waals surface area contributed by atoms with Crippen LogP contribution in [0.25, 0.3) is 0 Å². The predicted octanol–water partition coefficient (Wildman–Crippen LogP) is 3.08. The SMILES string of the molecule is CSCCCCCNc1cc(C(N)=O)c(N)cc1Br. The summed E-state index contributed by atoms with van der Waals surface area (Å²) in [7, 11) is 0. The van der Waals surface area contributed by atoms with Crippen molar-refractivity contribution in [3.8, 4) is 0 Å². The van der Waals surface area contributed by atoms with Crippen molar-refractivity contribution in [2.45, 2.75) is 19.3 Å². The van der Waals surface area contributed by atoms with Gasteiger partial charge < -0.3 is 16.8 Å². The summed E-state index contributed by atoms with van der Waals surface area (Å²) in [6.45, 7) is 0.870. The molecule has 0 radical (unpaired) electrons. The molecule has 0 aromatic heterocycles. The lowest BCUT2D eigenvalue weighted by Gasteiger charge is -2.11. The zero-order chi connectivity index (χ0) is 14.3. The highest BCUT2D eigenvalue weighted by Crippen LogP contribution is 2.28. The van der Waals surface area contributed by atoms with Gasteiger partial charge in [-0.25, -0.2) is 0 Å². The molecule has 0 bridgehead atoms. The zero-order valence-corrected chi connectivity index (χ0v) is 13.4. The molecule has 1 amide bonds. The van der Waals surface area contributed by atoms with Crippen LogP contribution < -0.4 is 16.8 Å². The van der Waals surface area contributed by atoms with Crippen LogP contribution >= 0.6 is 27.7 Å². The largest absolute Gasteiger partial charge is 0.398 e. The molecule has 6 heteroatoms. The van der Waals surface area contributed by atoms with Gasteiger partial charge in [0.05, 0.1) is 5.56 Å². The minimum atomic E-state index is -0.506. The zero-order valence-electron chi connectivity index (χ0n) is 11.0. The van der Waals surface area contributed by atoms with Gasteiger partial charge in [0.15, 0.2) is 0 Å². The Morgan fingerprint density at radius 1 is 1.37 bits per heavy atom. The summed E-state index contributed by atoms with van der Waals surface area (Å²) in [6.07, 6.45) is 5.65. The third-order valence-corrected chi connectivity index (χ3v) is 4.10. The molecule has 0 saturated heterocycles. The molecule has 1 rings (SSSR count). The molecule has 0 heterocycles. The van der Waals surface area contributed by atoms with E-state index in [0.29, 0.717) is 11.3 Å². The third kappa shape index (κ3) is 5.32. The van der Waals surface area contributed by atoms with Crippen molar-refractivity contribution in [2.24, 2.45) is 5.73 Å². The van der Waals surface area contributed by atoms with Gasteiger partial charge in [0.25, 0.3) is 5.91 Å². The van der Waals surface area contributed by atoms with Crippen LogP contribution in [0.5, 0.6) is 0 Å². The summed E-state index contributed by atoms with van der Waals surface area (Å²) >= 11 is 5.30. The van der Waals surface area contributed by atoms with Crippen molar-refractivity contribution in [3.05, 3.63) is 22.2 Å². The number of nitrogen functional groups attached to an aromatic ring is 1. The Labute approximate surface area is 126 Å². The van der Waals surface area contributed by atoms with Crippen LogP contribution in [0.15, 0.2) is 16.6 Å². The van der Waals surface area contributed by atoms with E-state index in [-0.39, 0.29) is 0 Å². The van der Waals surface area contributed by atoms with Crippen LogP contribution in [0.1, 0.15) is 29.6 Å². The molecule has 19 heavy (non-hydrogen) atoms. The molecule has 1 aromatic rings. The summed E-state index contributed by atoms with van der Waals surface area (Å²) in [4.78, 5) is 11.2. The minimum absolute atomic E-state index is 0.355. The van der Waals surface area contributed by atoms with E-state index in [1.165, 1.54) is 18.6 Å². The molecule has 0 aliphatic rings. The number of nitrogens with two attached hydrogens (primary N) is 2. The van der Waals surface area contributed by atoms with Gasteiger partial charge in [0.2, 0.25) is 0 Å². The van der Waals surface area contributed by atoms with Crippen LogP contribution in [0, 0.1) is 0 Å². The molecule has 0 aliphatic carbocycles. The van der Waals surface area contributed by atoms with Gasteiger partial charge in [-0.15, -0.1) is 0 Å². The fourth-order valence-corrected chi connectivity index (χ4v) is 2.70. The Bertz CT molecular complexity index is 440. The molecule has 0 spiro atoms. The molecule has 106 valence electrons. The highest BCUT2D eigenvalue weighted by molar-refractivity contribution is 9.10. The Balaban J connectivity index is 2.53. The second-order valence-corrected chi connectivity index (χ2v) is 6.10. The predicted molar refractivity (Wildman–Crippen MR) is 87.8 cm³/mol. The van der Waals surface area contributed by atoms with Crippen LogP contribution in [0.2, 0.25) is 0 Å². The number of rotatable bonds is 8. The average molecular weight is 346 g/mol. The first kappa shape index (κ1) is 16.2. The van der Waals surface area contributed by atoms with Gasteiger partial charge in [-0.3, -0.25) is 4.79 Å². The molecule has 0 aliphatic heterocycles. The first-order valence-electron chi connectivity index (χ1n) is 6.18. The number of carbonyl (C=O) groups excluding carboxylic acids is 1. The number of halogens is 1. The van der Waals surface area contributed by atoms with E-state index >= 15 is 0 Å². The lowest BCUT2D eigenvalue weighted by Crippen LogP contribution is -2.14. The Morgan fingerprint density at radius 2 is 2.11 bits per heavy atom. The average Bonchev–Trinajstić information content (AvgIpc) is 2.35. The second-order valence-electron chi connectivity index (χ2n) is 4.26. The van der Waals surface area contributed by atoms with Crippen molar-refractivity contribution in [1.29, 1.82) is 0 Å². The second kappa shape index (κ2) is 8.32. The van der Waals surface area contributed by atoms with E-state index in [1.54, 1.807) is 12.1 Å². The molecule has 1 aromatic carbocycles. The number of primary amides is 1. The van der Waals surface area contributed by atoms with E-state index in [2.05, 4.69) is 27.5 Å².